The Hall–Kier alpha value is -1.77. The van der Waals surface area contributed by atoms with E-state index >= 15 is 0 Å². The molecule has 8 heteroatoms. The summed E-state index contributed by atoms with van der Waals surface area (Å²) >= 11 is 6.84. The van der Waals surface area contributed by atoms with Gasteiger partial charge in [0.2, 0.25) is 11.1 Å². The molecule has 0 aromatic heterocycles. The van der Waals surface area contributed by atoms with Crippen LogP contribution in [0.25, 0.3) is 5.57 Å². The van der Waals surface area contributed by atoms with Crippen LogP contribution < -0.4 is 20.9 Å². The van der Waals surface area contributed by atoms with Gasteiger partial charge >= 0.3 is 0 Å². The maximum atomic E-state index is 12.3. The Morgan fingerprint density at radius 2 is 2.11 bits per heavy atom. The molecule has 6 nitrogen and oxygen atoms in total. The van der Waals surface area contributed by atoms with Crippen molar-refractivity contribution in [3.8, 4) is 5.75 Å². The number of anilines is 1. The summed E-state index contributed by atoms with van der Waals surface area (Å²) in [6, 6.07) is 0. The van der Waals surface area contributed by atoms with E-state index in [1.165, 1.54) is 0 Å². The third-order valence-corrected chi connectivity index (χ3v) is 6.77. The van der Waals surface area contributed by atoms with Gasteiger partial charge in [-0.15, -0.1) is 0 Å². The van der Waals surface area contributed by atoms with Crippen molar-refractivity contribution < 1.29 is 19.6 Å². The van der Waals surface area contributed by atoms with E-state index in [2.05, 4.69) is 47.2 Å². The summed E-state index contributed by atoms with van der Waals surface area (Å²) in [6.45, 7) is 0.795. The first kappa shape index (κ1) is 17.3. The molecule has 0 saturated carbocycles. The number of carbonyl (C=O) groups is 1. The predicted molar refractivity (Wildman–Crippen MR) is 108 cm³/mol. The molecule has 138 valence electrons. The van der Waals surface area contributed by atoms with E-state index in [0.717, 1.165) is 34.7 Å². The number of aliphatic imine (C=N–C) groups is 1. The van der Waals surface area contributed by atoms with Gasteiger partial charge in [-0.05, 0) is 37.4 Å². The molecular weight excluding hydrogens is 478 g/mol. The van der Waals surface area contributed by atoms with Crippen molar-refractivity contribution in [3.63, 3.8) is 0 Å². The summed E-state index contributed by atoms with van der Waals surface area (Å²) in [5, 5.41) is 16.2. The quantitative estimate of drug-likeness (QED) is 0.498. The number of methoxy groups -OCH3 is 1. The van der Waals surface area contributed by atoms with E-state index in [0.29, 0.717) is 26.8 Å². The van der Waals surface area contributed by atoms with E-state index in [4.69, 9.17) is 4.74 Å². The molecule has 27 heavy (non-hydrogen) atoms. The topological polar surface area (TPSA) is 84.9 Å². The molecule has 1 aliphatic carbocycles. The van der Waals surface area contributed by atoms with E-state index in [-0.39, 0.29) is 17.8 Å². The van der Waals surface area contributed by atoms with Gasteiger partial charge in [-0.25, -0.2) is 4.99 Å². The predicted octanol–water partition coefficient (Wildman–Crippen LogP) is 0.529. The first-order valence-corrected chi connectivity index (χ1v) is 10.2. The average molecular weight is 494 g/mol. The van der Waals surface area contributed by atoms with Gasteiger partial charge in [0.05, 0.1) is 25.4 Å². The van der Waals surface area contributed by atoms with Gasteiger partial charge in [-0.2, -0.15) is 0 Å². The lowest BCUT2D eigenvalue weighted by atomic mass is 9.70. The summed E-state index contributed by atoms with van der Waals surface area (Å²) in [5.41, 5.74) is 2.60. The van der Waals surface area contributed by atoms with Crippen LogP contribution in [0.15, 0.2) is 26.1 Å². The maximum Gasteiger partial charge on any atom is 0.214 e. The molecule has 5 rings (SSSR count). The van der Waals surface area contributed by atoms with Gasteiger partial charge in [0.15, 0.2) is 5.75 Å². The van der Waals surface area contributed by atoms with Crippen LogP contribution in [0.3, 0.4) is 0 Å². The van der Waals surface area contributed by atoms with Crippen LogP contribution in [0, 0.1) is 0 Å². The second kappa shape index (κ2) is 5.86. The Morgan fingerprint density at radius 3 is 2.81 bits per heavy atom. The smallest absolute Gasteiger partial charge is 0.214 e. The number of ketones is 1. The van der Waals surface area contributed by atoms with Crippen LogP contribution in [0.5, 0.6) is 5.75 Å². The van der Waals surface area contributed by atoms with Crippen LogP contribution in [-0.2, 0) is 14.9 Å². The average Bonchev–Trinajstić information content (AvgIpc) is 3.09. The standard InChI is InChI=1S/C19H15Br2N3O3/c1-27-11-6-19(4-9(20)17(25)10(21)5-19)13-14-12-8(2-3-22-14)7-23-15(12)18(26)16(13)24-11/h4-5,7,11,24,26H,2-3,6H2,1H3/p+1. The molecule has 0 bridgehead atoms. The normalized spacial score (nSPS) is 24.0. The molecule has 1 unspecified atom stereocenters. The summed E-state index contributed by atoms with van der Waals surface area (Å²) in [7, 11) is 1.62. The highest BCUT2D eigenvalue weighted by Gasteiger charge is 2.46. The lowest BCUT2D eigenvalue weighted by Crippen LogP contribution is -2.83. The largest absolute Gasteiger partial charge is 0.504 e. The Balaban J connectivity index is 1.93. The fourth-order valence-corrected chi connectivity index (χ4v) is 5.94. The van der Waals surface area contributed by atoms with Crippen LogP contribution in [-0.4, -0.2) is 37.0 Å². The minimum atomic E-state index is -0.618. The minimum absolute atomic E-state index is 0.0998. The van der Waals surface area contributed by atoms with Crippen molar-refractivity contribution in [2.45, 2.75) is 24.5 Å². The number of ether oxygens (including phenoxy) is 1. The van der Waals surface area contributed by atoms with Crippen LogP contribution in [0.1, 0.15) is 18.4 Å². The number of Topliss-reactive ketones (excluding diaryl/α,β-unsaturated/α-hetero) is 1. The van der Waals surface area contributed by atoms with E-state index < -0.39 is 5.41 Å². The number of nitrogens with zero attached hydrogens (tertiary/aromatic N) is 1. The molecule has 3 aliphatic heterocycles. The van der Waals surface area contributed by atoms with Crippen molar-refractivity contribution in [3.05, 3.63) is 37.3 Å². The van der Waals surface area contributed by atoms with Gasteiger partial charge < -0.3 is 15.2 Å². The minimum Gasteiger partial charge on any atom is -0.504 e. The lowest BCUT2D eigenvalue weighted by Gasteiger charge is -2.40. The zero-order valence-corrected chi connectivity index (χ0v) is 17.6. The Bertz CT molecular complexity index is 1110. The van der Waals surface area contributed by atoms with Gasteiger partial charge in [-0.1, -0.05) is 12.2 Å². The molecule has 0 amide bonds. The second-order valence-electron chi connectivity index (χ2n) is 7.08. The van der Waals surface area contributed by atoms with E-state index in [9.17, 15) is 9.90 Å². The van der Waals surface area contributed by atoms with Gasteiger partial charge in [0.1, 0.15) is 18.5 Å². The second-order valence-corrected chi connectivity index (χ2v) is 8.79. The maximum absolute atomic E-state index is 12.3. The molecule has 1 aromatic rings. The number of aromatic hydroxyl groups is 1. The number of nitrogens with one attached hydrogen (secondary N) is 2. The number of benzene rings is 1. The third-order valence-electron chi connectivity index (χ3n) is 5.60. The van der Waals surface area contributed by atoms with Crippen LogP contribution in [0.4, 0.5) is 11.4 Å². The van der Waals surface area contributed by atoms with Gasteiger partial charge in [-0.3, -0.25) is 9.79 Å². The number of rotatable bonds is 1. The van der Waals surface area contributed by atoms with Crippen LogP contribution >= 0.6 is 31.9 Å². The van der Waals surface area contributed by atoms with Crippen molar-refractivity contribution in [1.29, 1.82) is 0 Å². The van der Waals surface area contributed by atoms with Crippen molar-refractivity contribution >= 4 is 60.8 Å². The Morgan fingerprint density at radius 1 is 1.37 bits per heavy atom. The number of phenols is 1. The SMILES string of the molecule is COC1CC2(C=C(Br)C(=O)C(Br)=C2)c2c(c(O)c3c4c2=[NH+]CCC=4C=N3)N1. The molecule has 3 heterocycles. The van der Waals surface area contributed by atoms with E-state index in [1.807, 2.05) is 18.4 Å². The number of fused-ring (bicyclic) bond motifs is 3. The molecule has 1 spiro atoms. The fraction of sp³-hybridized carbons (Fsp3) is 0.316. The number of allylic oxidation sites excluding steroid dienone is 4. The highest BCUT2D eigenvalue weighted by atomic mass is 79.9. The molecule has 3 N–H and O–H groups in total. The summed E-state index contributed by atoms with van der Waals surface area (Å²) in [4.78, 5) is 20.3. The molecule has 0 fully saturated rings. The molecule has 1 atom stereocenters. The summed E-state index contributed by atoms with van der Waals surface area (Å²) in [6.07, 6.45) is 6.78. The third kappa shape index (κ3) is 2.30. The lowest BCUT2D eigenvalue weighted by molar-refractivity contribution is -0.501. The number of carbonyl (C=O) groups excluding carboxylic acids is 1. The van der Waals surface area contributed by atoms with Crippen molar-refractivity contribution in [2.24, 2.45) is 4.99 Å². The monoisotopic (exact) mass is 492 g/mol. The zero-order chi connectivity index (χ0) is 18.9. The summed E-state index contributed by atoms with van der Waals surface area (Å²) < 4.78 is 6.57. The highest BCUT2D eigenvalue weighted by molar-refractivity contribution is 9.13. The molecule has 0 saturated heterocycles. The highest BCUT2D eigenvalue weighted by Crippen LogP contribution is 2.49. The number of hydrogen-bond donors (Lipinski definition) is 3. The fourth-order valence-electron chi connectivity index (χ4n) is 4.43. The number of phenolic OH excluding ortho intramolecular Hbond substituents is 1. The Labute approximate surface area is 171 Å². The number of hydrogen-bond acceptors (Lipinski definition) is 5. The van der Waals surface area contributed by atoms with Crippen molar-refractivity contribution in [2.75, 3.05) is 19.0 Å². The molecule has 4 aliphatic rings. The van der Waals surface area contributed by atoms with Crippen molar-refractivity contribution in [1.82, 2.24) is 0 Å². The first-order valence-electron chi connectivity index (χ1n) is 8.63. The first-order chi connectivity index (χ1) is 12.9. The molecule has 0 radical (unpaired) electrons. The summed E-state index contributed by atoms with van der Waals surface area (Å²) in [5.74, 6) is 0.0167. The van der Waals surface area contributed by atoms with Gasteiger partial charge in [0.25, 0.3) is 0 Å². The van der Waals surface area contributed by atoms with Crippen LogP contribution in [0.2, 0.25) is 0 Å². The van der Waals surface area contributed by atoms with E-state index in [1.54, 1.807) is 7.11 Å². The molecular formula is C19H16Br2N3O3+. The molecule has 1 aromatic carbocycles. The van der Waals surface area contributed by atoms with Gasteiger partial charge in [0, 0.05) is 31.6 Å². The zero-order valence-electron chi connectivity index (χ0n) is 14.4. The number of halogens is 2. The Kier molecular flexibility index (Phi) is 3.76.